The van der Waals surface area contributed by atoms with Crippen molar-refractivity contribution in [3.8, 4) is 12.3 Å². The Morgan fingerprint density at radius 3 is 2.58 bits per heavy atom. The zero-order chi connectivity index (χ0) is 9.03. The average Bonchev–Trinajstić information content (AvgIpc) is 2.49. The van der Waals surface area contributed by atoms with Gasteiger partial charge in [-0.15, -0.1) is 12.3 Å². The van der Waals surface area contributed by atoms with E-state index in [4.69, 9.17) is 6.42 Å². The molecule has 1 N–H and O–H groups in total. The van der Waals surface area contributed by atoms with Crippen LogP contribution in [0.3, 0.4) is 0 Å². The van der Waals surface area contributed by atoms with Crippen LogP contribution in [0.2, 0.25) is 0 Å². The van der Waals surface area contributed by atoms with Gasteiger partial charge in [0.25, 0.3) is 0 Å². The van der Waals surface area contributed by atoms with Crippen LogP contribution in [-0.4, -0.2) is 16.5 Å². The Labute approximate surface area is 73.0 Å². The number of terminal acetylenes is 1. The maximum absolute atomic E-state index is 11.4. The highest BCUT2D eigenvalue weighted by Crippen LogP contribution is 2.31. The summed E-state index contributed by atoms with van der Waals surface area (Å²) < 4.78 is 0. The summed E-state index contributed by atoms with van der Waals surface area (Å²) in [6, 6.07) is 0. The lowest BCUT2D eigenvalue weighted by atomic mass is 9.94. The summed E-state index contributed by atoms with van der Waals surface area (Å²) >= 11 is 0. The molecular weight excluding hydrogens is 152 g/mol. The van der Waals surface area contributed by atoms with Crippen LogP contribution in [0.1, 0.15) is 38.5 Å². The number of carbonyl (C=O) groups excluding carboxylic acids is 1. The second kappa shape index (κ2) is 3.73. The van der Waals surface area contributed by atoms with Crippen molar-refractivity contribution in [3.05, 3.63) is 0 Å². The van der Waals surface area contributed by atoms with Gasteiger partial charge in [-0.25, -0.2) is 0 Å². The summed E-state index contributed by atoms with van der Waals surface area (Å²) in [6.07, 6.45) is 8.96. The summed E-state index contributed by atoms with van der Waals surface area (Å²) in [6.45, 7) is 0. The Morgan fingerprint density at radius 2 is 2.08 bits per heavy atom. The van der Waals surface area contributed by atoms with Crippen molar-refractivity contribution in [2.75, 3.05) is 0 Å². The van der Waals surface area contributed by atoms with Gasteiger partial charge in [0.1, 0.15) is 5.60 Å². The molecule has 0 aromatic rings. The molecule has 0 aliphatic heterocycles. The average molecular weight is 166 g/mol. The van der Waals surface area contributed by atoms with Gasteiger partial charge in [0.05, 0.1) is 0 Å². The van der Waals surface area contributed by atoms with Crippen molar-refractivity contribution in [1.82, 2.24) is 0 Å². The third-order valence-electron chi connectivity index (χ3n) is 2.45. The number of carbonyl (C=O) groups is 1. The van der Waals surface area contributed by atoms with Gasteiger partial charge in [0, 0.05) is 12.8 Å². The second-order valence-corrected chi connectivity index (χ2v) is 3.37. The van der Waals surface area contributed by atoms with E-state index in [1.54, 1.807) is 0 Å². The number of hydrogen-bond acceptors (Lipinski definition) is 2. The highest BCUT2D eigenvalue weighted by Gasteiger charge is 2.37. The Kier molecular flexibility index (Phi) is 2.88. The maximum atomic E-state index is 11.4. The molecule has 0 aromatic carbocycles. The molecule has 0 radical (unpaired) electrons. The van der Waals surface area contributed by atoms with E-state index in [1.165, 1.54) is 0 Å². The third kappa shape index (κ3) is 1.86. The molecule has 12 heavy (non-hydrogen) atoms. The lowest BCUT2D eigenvalue weighted by Crippen LogP contribution is -2.34. The fourth-order valence-electron chi connectivity index (χ4n) is 1.66. The number of aliphatic hydroxyl groups is 1. The van der Waals surface area contributed by atoms with E-state index in [9.17, 15) is 9.90 Å². The van der Waals surface area contributed by atoms with Crippen molar-refractivity contribution >= 4 is 5.78 Å². The van der Waals surface area contributed by atoms with Crippen LogP contribution in [0.4, 0.5) is 0 Å². The molecular formula is C10H14O2. The van der Waals surface area contributed by atoms with Crippen LogP contribution < -0.4 is 0 Å². The highest BCUT2D eigenvalue weighted by molar-refractivity contribution is 5.87. The summed E-state index contributed by atoms with van der Waals surface area (Å²) in [5, 5.41) is 9.77. The van der Waals surface area contributed by atoms with Gasteiger partial charge in [-0.05, 0) is 25.7 Å². The van der Waals surface area contributed by atoms with E-state index in [1.807, 2.05) is 0 Å². The smallest absolute Gasteiger partial charge is 0.165 e. The zero-order valence-corrected chi connectivity index (χ0v) is 7.18. The summed E-state index contributed by atoms with van der Waals surface area (Å²) in [7, 11) is 0. The van der Waals surface area contributed by atoms with E-state index in [0.717, 1.165) is 12.8 Å². The van der Waals surface area contributed by atoms with Crippen molar-refractivity contribution in [2.45, 2.75) is 44.1 Å². The molecule has 0 saturated heterocycles. The van der Waals surface area contributed by atoms with Gasteiger partial charge in [-0.1, -0.05) is 0 Å². The monoisotopic (exact) mass is 166 g/mol. The largest absolute Gasteiger partial charge is 0.382 e. The molecule has 0 unspecified atom stereocenters. The third-order valence-corrected chi connectivity index (χ3v) is 2.45. The van der Waals surface area contributed by atoms with E-state index in [0.29, 0.717) is 25.7 Å². The molecule has 1 fully saturated rings. The SMILES string of the molecule is C#CCCC(=O)C1(O)CCCC1. The lowest BCUT2D eigenvalue weighted by molar-refractivity contribution is -0.136. The molecule has 0 aromatic heterocycles. The zero-order valence-electron chi connectivity index (χ0n) is 7.18. The van der Waals surface area contributed by atoms with Crippen LogP contribution in [0.15, 0.2) is 0 Å². The van der Waals surface area contributed by atoms with Crippen molar-refractivity contribution < 1.29 is 9.90 Å². The first-order valence-electron chi connectivity index (χ1n) is 4.38. The quantitative estimate of drug-likeness (QED) is 0.641. The first-order chi connectivity index (χ1) is 5.69. The molecule has 1 aliphatic rings. The van der Waals surface area contributed by atoms with Crippen molar-refractivity contribution in [3.63, 3.8) is 0 Å². The number of ketones is 1. The fraction of sp³-hybridized carbons (Fsp3) is 0.700. The Hall–Kier alpha value is -0.810. The van der Waals surface area contributed by atoms with Gasteiger partial charge >= 0.3 is 0 Å². The predicted octanol–water partition coefficient (Wildman–Crippen LogP) is 1.27. The minimum atomic E-state index is -1.03. The minimum absolute atomic E-state index is 0.0713. The van der Waals surface area contributed by atoms with Gasteiger partial charge in [0.15, 0.2) is 5.78 Å². The predicted molar refractivity (Wildman–Crippen MR) is 46.5 cm³/mol. The molecule has 0 atom stereocenters. The topological polar surface area (TPSA) is 37.3 Å². The first kappa shape index (κ1) is 9.28. The van der Waals surface area contributed by atoms with Crippen LogP contribution >= 0.6 is 0 Å². The fourth-order valence-corrected chi connectivity index (χ4v) is 1.66. The highest BCUT2D eigenvalue weighted by atomic mass is 16.3. The van der Waals surface area contributed by atoms with Crippen LogP contribution in [0.5, 0.6) is 0 Å². The normalized spacial score (nSPS) is 20.3. The molecule has 0 bridgehead atoms. The maximum Gasteiger partial charge on any atom is 0.165 e. The van der Waals surface area contributed by atoms with E-state index < -0.39 is 5.60 Å². The molecule has 66 valence electrons. The Bertz CT molecular complexity index is 206. The lowest BCUT2D eigenvalue weighted by Gasteiger charge is -2.19. The summed E-state index contributed by atoms with van der Waals surface area (Å²) in [5.41, 5.74) is -1.03. The second-order valence-electron chi connectivity index (χ2n) is 3.37. The van der Waals surface area contributed by atoms with Crippen LogP contribution in [0.25, 0.3) is 0 Å². The Morgan fingerprint density at radius 1 is 1.50 bits per heavy atom. The Balaban J connectivity index is 2.45. The summed E-state index contributed by atoms with van der Waals surface area (Å²) in [5.74, 6) is 2.34. The van der Waals surface area contributed by atoms with E-state index in [-0.39, 0.29) is 5.78 Å². The molecule has 0 heterocycles. The minimum Gasteiger partial charge on any atom is -0.382 e. The first-order valence-corrected chi connectivity index (χ1v) is 4.38. The molecule has 1 saturated carbocycles. The van der Waals surface area contributed by atoms with Crippen molar-refractivity contribution in [1.29, 1.82) is 0 Å². The molecule has 0 amide bonds. The molecule has 0 spiro atoms. The van der Waals surface area contributed by atoms with E-state index in [2.05, 4.69) is 5.92 Å². The standard InChI is InChI=1S/C10H14O2/c1-2-3-6-9(11)10(12)7-4-5-8-10/h1,12H,3-8H2. The van der Waals surface area contributed by atoms with Crippen LogP contribution in [0, 0.1) is 12.3 Å². The number of hydrogen-bond donors (Lipinski definition) is 1. The van der Waals surface area contributed by atoms with Crippen LogP contribution in [-0.2, 0) is 4.79 Å². The number of rotatable bonds is 3. The van der Waals surface area contributed by atoms with Gasteiger partial charge in [0.2, 0.25) is 0 Å². The van der Waals surface area contributed by atoms with E-state index >= 15 is 0 Å². The van der Waals surface area contributed by atoms with Gasteiger partial charge in [-0.2, -0.15) is 0 Å². The van der Waals surface area contributed by atoms with Crippen molar-refractivity contribution in [2.24, 2.45) is 0 Å². The molecule has 2 nitrogen and oxygen atoms in total. The summed E-state index contributed by atoms with van der Waals surface area (Å²) in [4.78, 5) is 11.4. The molecule has 1 rings (SSSR count). The van der Waals surface area contributed by atoms with Gasteiger partial charge in [-0.3, -0.25) is 4.79 Å². The molecule has 1 aliphatic carbocycles. The van der Waals surface area contributed by atoms with Gasteiger partial charge < -0.3 is 5.11 Å². The number of Topliss-reactive ketones (excluding diaryl/α,β-unsaturated/α-hetero) is 1. The molecule has 2 heteroatoms.